The Hall–Kier alpha value is -0.570. The number of carbonyl (C=O) groups excluding carboxylic acids is 1. The summed E-state index contributed by atoms with van der Waals surface area (Å²) in [6, 6.07) is 0.567. The minimum atomic E-state index is 0.201. The lowest BCUT2D eigenvalue weighted by molar-refractivity contribution is -0.135. The molecule has 0 spiro atoms. The largest absolute Gasteiger partial charge is 0.373 e. The van der Waals surface area contributed by atoms with Crippen molar-refractivity contribution < 1.29 is 9.53 Å². The number of epoxide rings is 1. The molecule has 0 aromatic carbocycles. The van der Waals surface area contributed by atoms with Gasteiger partial charge < -0.3 is 9.64 Å². The fraction of sp³-hybridized carbons (Fsp3) is 0.900. The van der Waals surface area contributed by atoms with Crippen LogP contribution in [0.1, 0.15) is 34.1 Å². The molecule has 0 saturated carbocycles. The van der Waals surface area contributed by atoms with Crippen LogP contribution in [0.2, 0.25) is 0 Å². The predicted molar refractivity (Wildman–Crippen MR) is 51.5 cm³/mol. The first-order valence-corrected chi connectivity index (χ1v) is 4.95. The molecule has 3 heteroatoms. The summed E-state index contributed by atoms with van der Waals surface area (Å²) in [6.07, 6.45) is 0.753. The van der Waals surface area contributed by atoms with Crippen molar-refractivity contribution in [3.8, 4) is 0 Å². The molecule has 0 radical (unpaired) electrons. The number of carbonyl (C=O) groups is 1. The Labute approximate surface area is 80.1 Å². The van der Waals surface area contributed by atoms with Gasteiger partial charge in [0.1, 0.15) is 0 Å². The lowest BCUT2D eigenvalue weighted by Crippen LogP contribution is -2.42. The van der Waals surface area contributed by atoms with Crippen LogP contribution in [-0.2, 0) is 9.53 Å². The van der Waals surface area contributed by atoms with Crippen LogP contribution in [0.25, 0.3) is 0 Å². The van der Waals surface area contributed by atoms with Crippen molar-refractivity contribution in [3.05, 3.63) is 0 Å². The zero-order chi connectivity index (χ0) is 10.0. The molecule has 0 bridgehead atoms. The number of hydrogen-bond donors (Lipinski definition) is 0. The van der Waals surface area contributed by atoms with Gasteiger partial charge in [-0.25, -0.2) is 0 Å². The molecule has 1 fully saturated rings. The third kappa shape index (κ3) is 2.99. The lowest BCUT2D eigenvalue weighted by Gasteiger charge is -2.30. The molecule has 1 aliphatic heterocycles. The first kappa shape index (κ1) is 10.5. The molecule has 1 aliphatic rings. The van der Waals surface area contributed by atoms with E-state index in [0.29, 0.717) is 6.42 Å². The normalized spacial score (nSPS) is 20.9. The minimum Gasteiger partial charge on any atom is -0.373 e. The summed E-state index contributed by atoms with van der Waals surface area (Å²) in [6.45, 7) is 8.95. The van der Waals surface area contributed by atoms with E-state index in [1.54, 1.807) is 0 Å². The molecule has 1 heterocycles. The smallest absolute Gasteiger partial charge is 0.225 e. The van der Waals surface area contributed by atoms with E-state index >= 15 is 0 Å². The fourth-order valence-corrected chi connectivity index (χ4v) is 1.66. The Kier molecular flexibility index (Phi) is 3.31. The zero-order valence-corrected chi connectivity index (χ0v) is 8.91. The summed E-state index contributed by atoms with van der Waals surface area (Å²) in [4.78, 5) is 13.6. The molecule has 1 rings (SSSR count). The van der Waals surface area contributed by atoms with E-state index in [9.17, 15) is 4.79 Å². The predicted octanol–water partition coefficient (Wildman–Crippen LogP) is 1.42. The van der Waals surface area contributed by atoms with Gasteiger partial charge >= 0.3 is 0 Å². The maximum Gasteiger partial charge on any atom is 0.225 e. The van der Waals surface area contributed by atoms with Gasteiger partial charge in [-0.05, 0) is 27.7 Å². The third-order valence-corrected chi connectivity index (χ3v) is 2.21. The van der Waals surface area contributed by atoms with Crippen LogP contribution in [0.5, 0.6) is 0 Å². The monoisotopic (exact) mass is 185 g/mol. The SMILES string of the molecule is CC(C)N(C(=O)CC1CO1)C(C)C. The van der Waals surface area contributed by atoms with E-state index in [4.69, 9.17) is 4.74 Å². The second-order valence-electron chi connectivity index (χ2n) is 4.15. The Balaban J connectivity index is 2.46. The van der Waals surface area contributed by atoms with Crippen molar-refractivity contribution in [1.82, 2.24) is 4.90 Å². The summed E-state index contributed by atoms with van der Waals surface area (Å²) in [5.74, 6) is 0.215. The Morgan fingerprint density at radius 3 is 2.15 bits per heavy atom. The maximum atomic E-state index is 11.7. The molecule has 1 unspecified atom stereocenters. The van der Waals surface area contributed by atoms with Crippen LogP contribution in [0.4, 0.5) is 0 Å². The first-order valence-electron chi connectivity index (χ1n) is 4.95. The number of ether oxygens (including phenoxy) is 1. The van der Waals surface area contributed by atoms with Crippen molar-refractivity contribution in [1.29, 1.82) is 0 Å². The van der Waals surface area contributed by atoms with Gasteiger partial charge in [-0.15, -0.1) is 0 Å². The molecular formula is C10H19NO2. The van der Waals surface area contributed by atoms with E-state index in [1.165, 1.54) is 0 Å². The number of amides is 1. The number of nitrogens with zero attached hydrogens (tertiary/aromatic N) is 1. The molecule has 0 N–H and O–H groups in total. The molecule has 0 aliphatic carbocycles. The molecule has 3 nitrogen and oxygen atoms in total. The standard InChI is InChI=1S/C10H19NO2/c1-7(2)11(8(3)4)10(12)5-9-6-13-9/h7-9H,5-6H2,1-4H3. The highest BCUT2D eigenvalue weighted by Gasteiger charge is 2.29. The van der Waals surface area contributed by atoms with Crippen molar-refractivity contribution in [2.75, 3.05) is 6.61 Å². The summed E-state index contributed by atoms with van der Waals surface area (Å²) in [5.41, 5.74) is 0. The van der Waals surface area contributed by atoms with Crippen molar-refractivity contribution in [3.63, 3.8) is 0 Å². The van der Waals surface area contributed by atoms with Crippen molar-refractivity contribution in [2.24, 2.45) is 0 Å². The van der Waals surface area contributed by atoms with Crippen molar-refractivity contribution >= 4 is 5.91 Å². The van der Waals surface area contributed by atoms with Crippen LogP contribution in [0.15, 0.2) is 0 Å². The lowest BCUT2D eigenvalue weighted by atomic mass is 10.2. The maximum absolute atomic E-state index is 11.7. The molecule has 1 saturated heterocycles. The first-order chi connectivity index (χ1) is 6.02. The average Bonchev–Trinajstić information content (AvgIpc) is 2.68. The van der Waals surface area contributed by atoms with Crippen LogP contribution in [0.3, 0.4) is 0 Å². The topological polar surface area (TPSA) is 32.8 Å². The second-order valence-corrected chi connectivity index (χ2v) is 4.15. The van der Waals surface area contributed by atoms with E-state index in [-0.39, 0.29) is 24.1 Å². The van der Waals surface area contributed by atoms with Gasteiger partial charge in [0.05, 0.1) is 19.1 Å². The van der Waals surface area contributed by atoms with Gasteiger partial charge in [-0.3, -0.25) is 4.79 Å². The van der Waals surface area contributed by atoms with Crippen LogP contribution in [-0.4, -0.2) is 35.6 Å². The fourth-order valence-electron chi connectivity index (χ4n) is 1.66. The molecule has 0 aromatic heterocycles. The van der Waals surface area contributed by atoms with Crippen molar-refractivity contribution in [2.45, 2.75) is 52.3 Å². The second kappa shape index (κ2) is 4.09. The quantitative estimate of drug-likeness (QED) is 0.620. The van der Waals surface area contributed by atoms with Gasteiger partial charge in [0.2, 0.25) is 5.91 Å². The van der Waals surface area contributed by atoms with Crippen LogP contribution < -0.4 is 0 Å². The van der Waals surface area contributed by atoms with E-state index in [1.807, 2.05) is 32.6 Å². The Morgan fingerprint density at radius 2 is 1.85 bits per heavy atom. The van der Waals surface area contributed by atoms with Crippen LogP contribution >= 0.6 is 0 Å². The van der Waals surface area contributed by atoms with E-state index < -0.39 is 0 Å². The Morgan fingerprint density at radius 1 is 1.38 bits per heavy atom. The van der Waals surface area contributed by atoms with Gasteiger partial charge in [0, 0.05) is 12.1 Å². The molecule has 1 amide bonds. The highest BCUT2D eigenvalue weighted by atomic mass is 16.6. The zero-order valence-electron chi connectivity index (χ0n) is 8.91. The molecular weight excluding hydrogens is 166 g/mol. The van der Waals surface area contributed by atoms with E-state index in [2.05, 4.69) is 0 Å². The molecule has 0 aromatic rings. The van der Waals surface area contributed by atoms with E-state index in [0.717, 1.165) is 6.61 Å². The summed E-state index contributed by atoms with van der Waals surface area (Å²) < 4.78 is 5.04. The molecule has 1 atom stereocenters. The summed E-state index contributed by atoms with van der Waals surface area (Å²) in [7, 11) is 0. The highest BCUT2D eigenvalue weighted by Crippen LogP contribution is 2.17. The molecule has 76 valence electrons. The van der Waals surface area contributed by atoms with Gasteiger partial charge in [-0.1, -0.05) is 0 Å². The summed E-state index contributed by atoms with van der Waals surface area (Å²) >= 11 is 0. The molecule has 13 heavy (non-hydrogen) atoms. The van der Waals surface area contributed by atoms with Gasteiger partial charge in [0.25, 0.3) is 0 Å². The van der Waals surface area contributed by atoms with Crippen LogP contribution in [0, 0.1) is 0 Å². The summed E-state index contributed by atoms with van der Waals surface area (Å²) in [5, 5.41) is 0. The number of rotatable bonds is 4. The van der Waals surface area contributed by atoms with Gasteiger partial charge in [0.15, 0.2) is 0 Å². The number of hydrogen-bond acceptors (Lipinski definition) is 2. The minimum absolute atomic E-state index is 0.201. The van der Waals surface area contributed by atoms with Gasteiger partial charge in [-0.2, -0.15) is 0 Å². The third-order valence-electron chi connectivity index (χ3n) is 2.21. The average molecular weight is 185 g/mol. The Bertz CT molecular complexity index is 177. The highest BCUT2D eigenvalue weighted by molar-refractivity contribution is 5.77.